The smallest absolute Gasteiger partial charge is 0.270 e. The highest BCUT2D eigenvalue weighted by atomic mass is 32.2. The minimum Gasteiger partial charge on any atom is -0.475 e. The van der Waals surface area contributed by atoms with Gasteiger partial charge in [-0.15, -0.1) is 11.8 Å². The monoisotopic (exact) mass is 470 g/mol. The topological polar surface area (TPSA) is 94.7 Å². The molecule has 0 aliphatic carbocycles. The first-order valence-electron chi connectivity index (χ1n) is 10.6. The molecule has 8 nitrogen and oxygen atoms in total. The quantitative estimate of drug-likeness (QED) is 0.476. The van der Waals surface area contributed by atoms with E-state index >= 15 is 0 Å². The fraction of sp³-hybridized carbons (Fsp3) is 0.375. The lowest BCUT2D eigenvalue weighted by Gasteiger charge is -2.38. The van der Waals surface area contributed by atoms with Gasteiger partial charge in [-0.1, -0.05) is 0 Å². The van der Waals surface area contributed by atoms with E-state index < -0.39 is 5.60 Å². The maximum atomic E-state index is 12.9. The number of anilines is 1. The van der Waals surface area contributed by atoms with E-state index in [1.165, 1.54) is 11.8 Å². The molecular weight excluding hydrogens is 440 g/mol. The molecule has 2 amide bonds. The third-order valence-corrected chi connectivity index (χ3v) is 6.03. The summed E-state index contributed by atoms with van der Waals surface area (Å²) in [6, 6.07) is 5.43. The molecule has 0 saturated heterocycles. The number of nitrogens with zero attached hydrogens (tertiary/aromatic N) is 2. The number of thioether (sulfide) groups is 1. The summed E-state index contributed by atoms with van der Waals surface area (Å²) in [5, 5.41) is 2.75. The van der Waals surface area contributed by atoms with E-state index in [2.05, 4.69) is 10.3 Å². The van der Waals surface area contributed by atoms with Gasteiger partial charge in [-0.2, -0.15) is 0 Å². The predicted molar refractivity (Wildman–Crippen MR) is 131 cm³/mol. The van der Waals surface area contributed by atoms with Gasteiger partial charge in [-0.3, -0.25) is 14.4 Å². The van der Waals surface area contributed by atoms with Crippen molar-refractivity contribution in [1.82, 2.24) is 15.2 Å². The van der Waals surface area contributed by atoms with Crippen molar-refractivity contribution in [2.75, 3.05) is 38.8 Å². The highest BCUT2D eigenvalue weighted by molar-refractivity contribution is 7.98. The molecule has 0 spiro atoms. The molecule has 2 N–H and O–H groups in total. The summed E-state index contributed by atoms with van der Waals surface area (Å²) in [5.74, 6) is 0.0991. The number of likely N-dealkylation sites (N-methyl/N-ethyl adjacent to an activating group) is 1. The van der Waals surface area contributed by atoms with Crippen molar-refractivity contribution in [3.05, 3.63) is 46.9 Å². The second-order valence-electron chi connectivity index (χ2n) is 8.50. The number of hydrogen-bond acceptors (Lipinski definition) is 6. The highest BCUT2D eigenvalue weighted by Crippen LogP contribution is 2.46. The molecular formula is C24H30N4O4S. The van der Waals surface area contributed by atoms with Crippen LogP contribution in [0, 0.1) is 0 Å². The Morgan fingerprint density at radius 1 is 1.30 bits per heavy atom. The number of aromatic nitrogens is 1. The van der Waals surface area contributed by atoms with Crippen LogP contribution in [0.25, 0.3) is 5.57 Å². The second kappa shape index (κ2) is 9.35. The van der Waals surface area contributed by atoms with E-state index in [9.17, 15) is 14.4 Å². The molecule has 2 heterocycles. The number of carbonyl (C=O) groups is 3. The maximum Gasteiger partial charge on any atom is 0.270 e. The molecule has 0 atom stereocenters. The maximum absolute atomic E-state index is 12.9. The van der Waals surface area contributed by atoms with Crippen LogP contribution >= 0.6 is 11.8 Å². The van der Waals surface area contributed by atoms with Crippen LogP contribution in [0.3, 0.4) is 0 Å². The number of fused-ring (bicyclic) bond motifs is 1. The fourth-order valence-corrected chi connectivity index (χ4v) is 4.23. The standard InChI is InChI=1S/C24H30N4O4S/c1-8-25-22(30)18-9-14(13-29)20(26-18)17(12-27(4)5)16-10-15(33-7)11-19-21(16)32-24(2,3)23(31)28(19)6/h9-13,26H,8H2,1-7H3,(H,25,30)/b17-12-. The molecule has 3 rings (SSSR count). The summed E-state index contributed by atoms with van der Waals surface area (Å²) >= 11 is 1.54. The number of rotatable bonds is 7. The Bertz CT molecular complexity index is 1130. The van der Waals surface area contributed by atoms with Gasteiger partial charge in [-0.25, -0.2) is 0 Å². The normalized spacial score (nSPS) is 15.1. The second-order valence-corrected chi connectivity index (χ2v) is 9.38. The lowest BCUT2D eigenvalue weighted by Crippen LogP contribution is -2.51. The van der Waals surface area contributed by atoms with Gasteiger partial charge in [0.1, 0.15) is 5.69 Å². The first kappa shape index (κ1) is 24.4. The van der Waals surface area contributed by atoms with E-state index in [1.54, 1.807) is 31.9 Å². The number of hydrogen-bond donors (Lipinski definition) is 2. The van der Waals surface area contributed by atoms with Gasteiger partial charge in [0.05, 0.1) is 11.4 Å². The van der Waals surface area contributed by atoms with Gasteiger partial charge >= 0.3 is 0 Å². The van der Waals surface area contributed by atoms with Gasteiger partial charge < -0.3 is 24.8 Å². The van der Waals surface area contributed by atoms with Crippen molar-refractivity contribution in [2.45, 2.75) is 31.3 Å². The number of carbonyl (C=O) groups excluding carboxylic acids is 3. The number of H-pyrrole nitrogens is 1. The molecule has 0 radical (unpaired) electrons. The van der Waals surface area contributed by atoms with E-state index in [4.69, 9.17) is 4.74 Å². The Hall–Kier alpha value is -3.20. The summed E-state index contributed by atoms with van der Waals surface area (Å²) in [4.78, 5) is 44.8. The molecule has 1 aromatic heterocycles. The SMILES string of the molecule is CCNC(=O)c1cc(C=O)c(/C(=C\N(C)C)c2cc(SC)cc3c2OC(C)(C)C(=O)N3C)[nH]1. The molecule has 2 aromatic rings. The third kappa shape index (κ3) is 4.64. The molecule has 33 heavy (non-hydrogen) atoms. The van der Waals surface area contributed by atoms with Crippen LogP contribution in [-0.2, 0) is 4.79 Å². The van der Waals surface area contributed by atoms with Gasteiger partial charge in [0.25, 0.3) is 11.8 Å². The Labute approximate surface area is 198 Å². The first-order chi connectivity index (χ1) is 15.5. The number of ether oxygens (including phenoxy) is 1. The zero-order valence-electron chi connectivity index (χ0n) is 20.0. The summed E-state index contributed by atoms with van der Waals surface area (Å²) in [5.41, 5.74) is 2.12. The summed E-state index contributed by atoms with van der Waals surface area (Å²) < 4.78 is 6.24. The van der Waals surface area contributed by atoms with E-state index in [-0.39, 0.29) is 11.8 Å². The first-order valence-corrected chi connectivity index (χ1v) is 11.8. The van der Waals surface area contributed by atoms with Crippen LogP contribution in [0.4, 0.5) is 5.69 Å². The Kier molecular flexibility index (Phi) is 6.92. The Balaban J connectivity index is 2.31. The van der Waals surface area contributed by atoms with Gasteiger partial charge in [0, 0.05) is 55.5 Å². The lowest BCUT2D eigenvalue weighted by molar-refractivity contribution is -0.132. The summed E-state index contributed by atoms with van der Waals surface area (Å²) in [6.45, 7) is 5.76. The summed E-state index contributed by atoms with van der Waals surface area (Å²) in [6.07, 6.45) is 4.55. The van der Waals surface area contributed by atoms with Crippen LogP contribution in [0.5, 0.6) is 5.75 Å². The van der Waals surface area contributed by atoms with Crippen molar-refractivity contribution in [2.24, 2.45) is 0 Å². The average Bonchev–Trinajstić information content (AvgIpc) is 3.20. The molecule has 0 saturated carbocycles. The number of aromatic amines is 1. The van der Waals surface area contributed by atoms with Crippen molar-refractivity contribution >= 4 is 41.1 Å². The molecule has 0 unspecified atom stereocenters. The van der Waals surface area contributed by atoms with Crippen molar-refractivity contribution in [1.29, 1.82) is 0 Å². The Morgan fingerprint density at radius 3 is 2.58 bits per heavy atom. The molecule has 1 aromatic carbocycles. The van der Waals surface area contributed by atoms with Crippen LogP contribution in [0.1, 0.15) is 52.9 Å². The molecule has 1 aliphatic heterocycles. The van der Waals surface area contributed by atoms with E-state index in [1.807, 2.05) is 50.5 Å². The van der Waals surface area contributed by atoms with E-state index in [0.717, 1.165) is 11.2 Å². The zero-order chi connectivity index (χ0) is 24.5. The van der Waals surface area contributed by atoms with E-state index in [0.29, 0.717) is 46.1 Å². The van der Waals surface area contributed by atoms with Crippen molar-refractivity contribution in [3.63, 3.8) is 0 Å². The molecule has 176 valence electrons. The molecule has 1 aliphatic rings. The lowest BCUT2D eigenvalue weighted by atomic mass is 9.96. The average molecular weight is 471 g/mol. The molecule has 0 fully saturated rings. The summed E-state index contributed by atoms with van der Waals surface area (Å²) in [7, 11) is 5.48. The number of nitrogens with one attached hydrogen (secondary N) is 2. The number of benzene rings is 1. The van der Waals surface area contributed by atoms with Gasteiger partial charge in [-0.05, 0) is 45.2 Å². The molecule has 9 heteroatoms. The van der Waals surface area contributed by atoms with Gasteiger partial charge in [0.2, 0.25) is 0 Å². The van der Waals surface area contributed by atoms with Crippen LogP contribution in [0.2, 0.25) is 0 Å². The Morgan fingerprint density at radius 2 is 2.00 bits per heavy atom. The largest absolute Gasteiger partial charge is 0.475 e. The van der Waals surface area contributed by atoms with Crippen LogP contribution in [0.15, 0.2) is 29.3 Å². The van der Waals surface area contributed by atoms with Crippen molar-refractivity contribution in [3.8, 4) is 5.75 Å². The minimum atomic E-state index is -1.06. The zero-order valence-corrected chi connectivity index (χ0v) is 20.8. The van der Waals surface area contributed by atoms with Crippen molar-refractivity contribution < 1.29 is 19.1 Å². The predicted octanol–water partition coefficient (Wildman–Crippen LogP) is 3.38. The minimum absolute atomic E-state index is 0.149. The third-order valence-electron chi connectivity index (χ3n) is 5.32. The molecule has 0 bridgehead atoms. The van der Waals surface area contributed by atoms with Gasteiger partial charge in [0.15, 0.2) is 17.6 Å². The highest BCUT2D eigenvalue weighted by Gasteiger charge is 2.41. The number of amides is 2. The fourth-order valence-electron chi connectivity index (χ4n) is 3.77. The van der Waals surface area contributed by atoms with Crippen LogP contribution in [-0.4, -0.2) is 67.5 Å². The van der Waals surface area contributed by atoms with Crippen LogP contribution < -0.4 is 15.0 Å². The number of aldehydes is 1.